The highest BCUT2D eigenvalue weighted by atomic mass is 32.2. The molecule has 0 saturated carbocycles. The predicted molar refractivity (Wildman–Crippen MR) is 64.0 cm³/mol. The van der Waals surface area contributed by atoms with Gasteiger partial charge in [-0.15, -0.1) is 0 Å². The van der Waals surface area contributed by atoms with E-state index in [4.69, 9.17) is 5.73 Å². The van der Waals surface area contributed by atoms with Gasteiger partial charge in [0, 0.05) is 11.9 Å². The molecule has 0 saturated heterocycles. The summed E-state index contributed by atoms with van der Waals surface area (Å²) in [5.74, 6) is 1.21. The first-order chi connectivity index (χ1) is 7.19. The molecule has 0 aliphatic rings. The van der Waals surface area contributed by atoms with Gasteiger partial charge >= 0.3 is 0 Å². The van der Waals surface area contributed by atoms with Crippen molar-refractivity contribution < 1.29 is 4.21 Å². The van der Waals surface area contributed by atoms with Gasteiger partial charge in [0.05, 0.1) is 27.6 Å². The summed E-state index contributed by atoms with van der Waals surface area (Å²) in [6.07, 6.45) is 5.32. The number of aromatic nitrogens is 1. The van der Waals surface area contributed by atoms with Gasteiger partial charge < -0.3 is 5.73 Å². The highest BCUT2D eigenvalue weighted by Crippen LogP contribution is 2.18. The minimum Gasteiger partial charge on any atom is -0.396 e. The molecule has 15 heavy (non-hydrogen) atoms. The third kappa shape index (κ3) is 3.30. The SMILES string of the molecule is CCC(CC)CS(=O)c1ccncc1N. The van der Waals surface area contributed by atoms with Crippen LogP contribution < -0.4 is 5.73 Å². The van der Waals surface area contributed by atoms with Crippen LogP contribution in [0.5, 0.6) is 0 Å². The zero-order chi connectivity index (χ0) is 11.3. The van der Waals surface area contributed by atoms with Crippen molar-refractivity contribution in [1.82, 2.24) is 4.98 Å². The average molecular weight is 226 g/mol. The molecule has 1 rings (SSSR count). The fourth-order valence-corrected chi connectivity index (χ4v) is 3.04. The number of anilines is 1. The number of nitrogen functional groups attached to an aromatic ring is 1. The summed E-state index contributed by atoms with van der Waals surface area (Å²) in [7, 11) is -0.990. The molecule has 1 unspecified atom stereocenters. The molecule has 1 aromatic rings. The molecule has 1 aromatic heterocycles. The van der Waals surface area contributed by atoms with Crippen LogP contribution in [0, 0.1) is 5.92 Å². The van der Waals surface area contributed by atoms with Crippen molar-refractivity contribution in [2.45, 2.75) is 31.6 Å². The summed E-state index contributed by atoms with van der Waals surface area (Å²) < 4.78 is 12.0. The first kappa shape index (κ1) is 12.2. The van der Waals surface area contributed by atoms with E-state index in [1.165, 1.54) is 0 Å². The molecule has 4 heteroatoms. The maximum absolute atomic E-state index is 12.0. The van der Waals surface area contributed by atoms with Crippen LogP contribution >= 0.6 is 0 Å². The third-order valence-electron chi connectivity index (χ3n) is 2.60. The van der Waals surface area contributed by atoms with E-state index in [0.717, 1.165) is 17.7 Å². The summed E-state index contributed by atoms with van der Waals surface area (Å²) in [5.41, 5.74) is 6.25. The Kier molecular flexibility index (Phi) is 4.75. The van der Waals surface area contributed by atoms with Crippen molar-refractivity contribution >= 4 is 16.5 Å². The van der Waals surface area contributed by atoms with Crippen LogP contribution in [0.25, 0.3) is 0 Å². The lowest BCUT2D eigenvalue weighted by atomic mass is 10.1. The molecule has 84 valence electrons. The predicted octanol–water partition coefficient (Wildman–Crippen LogP) is 2.21. The molecule has 0 aliphatic carbocycles. The van der Waals surface area contributed by atoms with Gasteiger partial charge in [0.1, 0.15) is 0 Å². The van der Waals surface area contributed by atoms with Crippen molar-refractivity contribution in [3.05, 3.63) is 18.5 Å². The fourth-order valence-electron chi connectivity index (χ4n) is 1.43. The summed E-state index contributed by atoms with van der Waals surface area (Å²) in [4.78, 5) is 4.61. The minimum absolute atomic E-state index is 0.512. The number of hydrogen-bond donors (Lipinski definition) is 1. The van der Waals surface area contributed by atoms with E-state index in [1.54, 1.807) is 18.5 Å². The second-order valence-corrected chi connectivity index (χ2v) is 5.07. The Morgan fingerprint density at radius 2 is 2.13 bits per heavy atom. The zero-order valence-corrected chi connectivity index (χ0v) is 10.1. The van der Waals surface area contributed by atoms with Crippen molar-refractivity contribution in [2.24, 2.45) is 5.92 Å². The van der Waals surface area contributed by atoms with Crippen LogP contribution in [0.15, 0.2) is 23.4 Å². The fraction of sp³-hybridized carbons (Fsp3) is 0.545. The number of hydrogen-bond acceptors (Lipinski definition) is 3. The minimum atomic E-state index is -0.990. The van der Waals surface area contributed by atoms with E-state index in [0.29, 0.717) is 17.4 Å². The molecular formula is C11H18N2OS. The molecule has 1 atom stereocenters. The smallest absolute Gasteiger partial charge is 0.0664 e. The topological polar surface area (TPSA) is 56.0 Å². The first-order valence-corrected chi connectivity index (χ1v) is 6.58. The maximum atomic E-state index is 12.0. The molecule has 0 bridgehead atoms. The van der Waals surface area contributed by atoms with Crippen LogP contribution in [0.2, 0.25) is 0 Å². The number of pyridine rings is 1. The quantitative estimate of drug-likeness (QED) is 0.837. The molecule has 0 amide bonds. The highest BCUT2D eigenvalue weighted by molar-refractivity contribution is 7.85. The van der Waals surface area contributed by atoms with Gasteiger partial charge in [-0.25, -0.2) is 0 Å². The largest absolute Gasteiger partial charge is 0.396 e. The summed E-state index contributed by atoms with van der Waals surface area (Å²) >= 11 is 0. The van der Waals surface area contributed by atoms with Gasteiger partial charge in [-0.1, -0.05) is 26.7 Å². The normalized spacial score (nSPS) is 13.0. The molecule has 0 fully saturated rings. The van der Waals surface area contributed by atoms with Gasteiger partial charge in [-0.05, 0) is 12.0 Å². The third-order valence-corrected chi connectivity index (χ3v) is 4.23. The van der Waals surface area contributed by atoms with Gasteiger partial charge in [0.2, 0.25) is 0 Å². The Balaban J connectivity index is 2.73. The summed E-state index contributed by atoms with van der Waals surface area (Å²) in [6, 6.07) is 1.74. The maximum Gasteiger partial charge on any atom is 0.0664 e. The molecule has 0 radical (unpaired) electrons. The van der Waals surface area contributed by atoms with E-state index in [-0.39, 0.29) is 0 Å². The van der Waals surface area contributed by atoms with Crippen molar-refractivity contribution in [1.29, 1.82) is 0 Å². The van der Waals surface area contributed by atoms with E-state index < -0.39 is 10.8 Å². The van der Waals surface area contributed by atoms with E-state index >= 15 is 0 Å². The molecule has 0 spiro atoms. The molecule has 2 N–H and O–H groups in total. The first-order valence-electron chi connectivity index (χ1n) is 5.26. The zero-order valence-electron chi connectivity index (χ0n) is 9.27. The summed E-state index contributed by atoms with van der Waals surface area (Å²) in [6.45, 7) is 4.25. The Morgan fingerprint density at radius 1 is 1.47 bits per heavy atom. The van der Waals surface area contributed by atoms with Crippen LogP contribution in [0.3, 0.4) is 0 Å². The lowest BCUT2D eigenvalue weighted by Crippen LogP contribution is -2.11. The number of nitrogens with zero attached hydrogens (tertiary/aromatic N) is 1. The lowest BCUT2D eigenvalue weighted by molar-refractivity contribution is 0.545. The van der Waals surface area contributed by atoms with Crippen LogP contribution in [0.1, 0.15) is 26.7 Å². The van der Waals surface area contributed by atoms with Crippen LogP contribution in [-0.2, 0) is 10.8 Å². The Labute approximate surface area is 93.6 Å². The Bertz CT molecular complexity index is 337. The van der Waals surface area contributed by atoms with Crippen LogP contribution in [0.4, 0.5) is 5.69 Å². The Morgan fingerprint density at radius 3 is 2.67 bits per heavy atom. The van der Waals surface area contributed by atoms with E-state index in [2.05, 4.69) is 18.8 Å². The van der Waals surface area contributed by atoms with E-state index in [1.807, 2.05) is 0 Å². The summed E-state index contributed by atoms with van der Waals surface area (Å²) in [5, 5.41) is 0. The average Bonchev–Trinajstić information content (AvgIpc) is 2.26. The van der Waals surface area contributed by atoms with Gasteiger partial charge in [0.15, 0.2) is 0 Å². The molecular weight excluding hydrogens is 208 g/mol. The highest BCUT2D eigenvalue weighted by Gasteiger charge is 2.12. The number of nitrogens with two attached hydrogens (primary N) is 1. The molecule has 1 heterocycles. The second kappa shape index (κ2) is 5.85. The molecule has 0 aliphatic heterocycles. The standard InChI is InChI=1S/C11H18N2OS/c1-3-9(4-2)8-15(14)11-5-6-13-7-10(11)12/h5-7,9H,3-4,8,12H2,1-2H3. The molecule has 0 aromatic carbocycles. The van der Waals surface area contributed by atoms with Crippen molar-refractivity contribution in [3.8, 4) is 0 Å². The monoisotopic (exact) mass is 226 g/mol. The van der Waals surface area contributed by atoms with Crippen molar-refractivity contribution in [3.63, 3.8) is 0 Å². The lowest BCUT2D eigenvalue weighted by Gasteiger charge is -2.12. The second-order valence-electron chi connectivity index (χ2n) is 3.61. The van der Waals surface area contributed by atoms with Gasteiger partial charge in [-0.2, -0.15) is 0 Å². The van der Waals surface area contributed by atoms with Crippen molar-refractivity contribution in [2.75, 3.05) is 11.5 Å². The number of rotatable bonds is 5. The van der Waals surface area contributed by atoms with Gasteiger partial charge in [-0.3, -0.25) is 9.19 Å². The van der Waals surface area contributed by atoms with Gasteiger partial charge in [0.25, 0.3) is 0 Å². The van der Waals surface area contributed by atoms with E-state index in [9.17, 15) is 4.21 Å². The Hall–Kier alpha value is -0.900. The molecule has 3 nitrogen and oxygen atoms in total. The van der Waals surface area contributed by atoms with Crippen LogP contribution in [-0.4, -0.2) is 14.9 Å².